The average Bonchev–Trinajstić information content (AvgIpc) is 2.86. The quantitative estimate of drug-likeness (QED) is 0.818. The fraction of sp³-hybridized carbons (Fsp3) is 0.471. The van der Waals surface area contributed by atoms with Crippen molar-refractivity contribution < 1.29 is 9.53 Å². The second-order valence-corrected chi connectivity index (χ2v) is 6.29. The zero-order valence-corrected chi connectivity index (χ0v) is 16.5. The fourth-order valence-electron chi connectivity index (χ4n) is 2.85. The van der Waals surface area contributed by atoms with Crippen LogP contribution in [0.3, 0.4) is 0 Å². The van der Waals surface area contributed by atoms with Crippen LogP contribution in [0.5, 0.6) is 0 Å². The molecule has 1 amide bonds. The Morgan fingerprint density at radius 1 is 1.31 bits per heavy atom. The van der Waals surface area contributed by atoms with Gasteiger partial charge in [0.2, 0.25) is 5.91 Å². The van der Waals surface area contributed by atoms with Gasteiger partial charge in [0.15, 0.2) is 0 Å². The van der Waals surface area contributed by atoms with Gasteiger partial charge >= 0.3 is 0 Å². The Bertz CT molecular complexity index is 745. The van der Waals surface area contributed by atoms with Crippen molar-refractivity contribution in [2.24, 2.45) is 5.73 Å². The highest BCUT2D eigenvalue weighted by Gasteiger charge is 2.35. The van der Waals surface area contributed by atoms with Crippen molar-refractivity contribution in [1.29, 1.82) is 0 Å². The number of hydrogen-bond acceptors (Lipinski definition) is 5. The summed E-state index contributed by atoms with van der Waals surface area (Å²) in [6, 6.07) is 7.72. The largest absolute Gasteiger partial charge is 0.381 e. The number of carbonyl (C=O) groups excluding carboxylic acids is 1. The Morgan fingerprint density at radius 3 is 2.62 bits per heavy atom. The van der Waals surface area contributed by atoms with Gasteiger partial charge in [0.1, 0.15) is 17.2 Å². The molecule has 3 rings (SSSR count). The molecule has 1 fully saturated rings. The van der Waals surface area contributed by atoms with Crippen molar-refractivity contribution >= 4 is 36.4 Å². The number of benzene rings is 1. The minimum Gasteiger partial charge on any atom is -0.381 e. The second kappa shape index (κ2) is 9.32. The molecule has 2 aromatic rings. The number of ether oxygens (including phenoxy) is 1. The van der Waals surface area contributed by atoms with Crippen LogP contribution < -0.4 is 11.1 Å². The van der Waals surface area contributed by atoms with E-state index in [4.69, 9.17) is 10.5 Å². The van der Waals surface area contributed by atoms with E-state index in [1.807, 2.05) is 42.8 Å². The number of nitrogens with one attached hydrogen (secondary N) is 1. The Balaban J connectivity index is 0.00000169. The summed E-state index contributed by atoms with van der Waals surface area (Å²) in [5, 5.41) is 7.30. The van der Waals surface area contributed by atoms with Crippen LogP contribution in [0.2, 0.25) is 0 Å². The van der Waals surface area contributed by atoms with E-state index in [-0.39, 0.29) is 30.7 Å². The number of nitrogens with two attached hydrogens (primary N) is 1. The van der Waals surface area contributed by atoms with Gasteiger partial charge in [0.05, 0.1) is 6.54 Å². The summed E-state index contributed by atoms with van der Waals surface area (Å²) in [5.74, 6) is 1.46. The van der Waals surface area contributed by atoms with Gasteiger partial charge in [-0.25, -0.2) is 9.67 Å². The van der Waals surface area contributed by atoms with Gasteiger partial charge < -0.3 is 15.8 Å². The van der Waals surface area contributed by atoms with E-state index in [2.05, 4.69) is 15.4 Å². The number of nitrogens with zero attached hydrogens (tertiary/aromatic N) is 3. The van der Waals surface area contributed by atoms with E-state index >= 15 is 0 Å². The number of hydrogen-bond donors (Lipinski definition) is 2. The molecule has 1 aromatic heterocycles. The van der Waals surface area contributed by atoms with E-state index in [1.54, 1.807) is 0 Å². The van der Waals surface area contributed by atoms with Gasteiger partial charge in [-0.3, -0.25) is 4.79 Å². The van der Waals surface area contributed by atoms with Crippen molar-refractivity contribution in [2.45, 2.75) is 38.8 Å². The van der Waals surface area contributed by atoms with Crippen LogP contribution in [-0.4, -0.2) is 39.4 Å². The molecule has 1 aliphatic heterocycles. The summed E-state index contributed by atoms with van der Waals surface area (Å²) in [4.78, 5) is 16.8. The standard InChI is InChI=1S/C17H23N5O2.2ClH/c1-12-19-13(2)22(21-12)11-14-4-3-5-15(10-14)20-16(23)17(18)6-8-24-9-7-17;;/h3-5,10H,6-9,11,18H2,1-2H3,(H,20,23);2*1H. The van der Waals surface area contributed by atoms with Crippen LogP contribution in [0.4, 0.5) is 5.69 Å². The highest BCUT2D eigenvalue weighted by Crippen LogP contribution is 2.21. The Morgan fingerprint density at radius 2 is 2.00 bits per heavy atom. The van der Waals surface area contributed by atoms with Gasteiger partial charge in [0.25, 0.3) is 0 Å². The molecule has 0 unspecified atom stereocenters. The smallest absolute Gasteiger partial charge is 0.244 e. The van der Waals surface area contributed by atoms with Crippen LogP contribution in [-0.2, 0) is 16.1 Å². The average molecular weight is 402 g/mol. The van der Waals surface area contributed by atoms with Crippen LogP contribution in [0, 0.1) is 13.8 Å². The van der Waals surface area contributed by atoms with Gasteiger partial charge in [-0.15, -0.1) is 24.8 Å². The Hall–Kier alpha value is -1.67. The van der Waals surface area contributed by atoms with Crippen molar-refractivity contribution in [3.8, 4) is 0 Å². The number of rotatable bonds is 4. The van der Waals surface area contributed by atoms with Gasteiger partial charge in [0, 0.05) is 18.9 Å². The maximum atomic E-state index is 12.5. The predicted molar refractivity (Wildman–Crippen MR) is 105 cm³/mol. The molecule has 0 bridgehead atoms. The lowest BCUT2D eigenvalue weighted by atomic mass is 9.90. The minimum absolute atomic E-state index is 0. The zero-order valence-electron chi connectivity index (χ0n) is 14.9. The van der Waals surface area contributed by atoms with Gasteiger partial charge in [-0.05, 0) is 44.4 Å². The molecule has 0 atom stereocenters. The molecular formula is C17H25Cl2N5O2. The number of carbonyl (C=O) groups is 1. The third-order valence-corrected chi connectivity index (χ3v) is 4.32. The van der Waals surface area contributed by atoms with Crippen molar-refractivity contribution in [3.05, 3.63) is 41.5 Å². The molecule has 3 N–H and O–H groups in total. The molecule has 7 nitrogen and oxygen atoms in total. The summed E-state index contributed by atoms with van der Waals surface area (Å²) in [5.41, 5.74) is 7.15. The summed E-state index contributed by atoms with van der Waals surface area (Å²) >= 11 is 0. The summed E-state index contributed by atoms with van der Waals surface area (Å²) < 4.78 is 7.13. The molecule has 1 aliphatic rings. The van der Waals surface area contributed by atoms with Crippen LogP contribution in [0.15, 0.2) is 24.3 Å². The lowest BCUT2D eigenvalue weighted by molar-refractivity contribution is -0.124. The lowest BCUT2D eigenvalue weighted by Crippen LogP contribution is -2.54. The van der Waals surface area contributed by atoms with Crippen LogP contribution >= 0.6 is 24.8 Å². The molecule has 2 heterocycles. The first kappa shape index (κ1) is 22.4. The zero-order chi connectivity index (χ0) is 17.2. The first-order chi connectivity index (χ1) is 11.5. The predicted octanol–water partition coefficient (Wildman–Crippen LogP) is 2.23. The lowest BCUT2D eigenvalue weighted by Gasteiger charge is -2.31. The molecular weight excluding hydrogens is 377 g/mol. The molecule has 0 spiro atoms. The SMILES string of the molecule is Cc1nc(C)n(Cc2cccc(NC(=O)C3(N)CCOCC3)c2)n1.Cl.Cl. The maximum absolute atomic E-state index is 12.5. The number of anilines is 1. The summed E-state index contributed by atoms with van der Waals surface area (Å²) in [6.45, 7) is 5.45. The van der Waals surface area contributed by atoms with E-state index in [0.29, 0.717) is 32.6 Å². The topological polar surface area (TPSA) is 95.1 Å². The number of aromatic nitrogens is 3. The Kier molecular flexibility index (Phi) is 8.02. The summed E-state index contributed by atoms with van der Waals surface area (Å²) in [7, 11) is 0. The van der Waals surface area contributed by atoms with E-state index < -0.39 is 5.54 Å². The monoisotopic (exact) mass is 401 g/mol. The normalized spacial score (nSPS) is 15.5. The number of amides is 1. The third kappa shape index (κ3) is 5.17. The van der Waals surface area contributed by atoms with E-state index in [1.165, 1.54) is 0 Å². The van der Waals surface area contributed by atoms with Crippen LogP contribution in [0.1, 0.15) is 30.1 Å². The van der Waals surface area contributed by atoms with Crippen molar-refractivity contribution in [2.75, 3.05) is 18.5 Å². The molecule has 0 aliphatic carbocycles. The fourth-order valence-corrected chi connectivity index (χ4v) is 2.85. The number of halogens is 2. The van der Waals surface area contributed by atoms with Crippen molar-refractivity contribution in [1.82, 2.24) is 14.8 Å². The van der Waals surface area contributed by atoms with Crippen molar-refractivity contribution in [3.63, 3.8) is 0 Å². The van der Waals surface area contributed by atoms with E-state index in [9.17, 15) is 4.79 Å². The summed E-state index contributed by atoms with van der Waals surface area (Å²) in [6.07, 6.45) is 1.08. The van der Waals surface area contributed by atoms with Gasteiger partial charge in [-0.2, -0.15) is 5.10 Å². The molecule has 0 radical (unpaired) electrons. The highest BCUT2D eigenvalue weighted by atomic mass is 35.5. The molecule has 1 saturated heterocycles. The molecule has 1 aromatic carbocycles. The molecule has 0 saturated carbocycles. The minimum atomic E-state index is -0.853. The first-order valence-electron chi connectivity index (χ1n) is 8.11. The second-order valence-electron chi connectivity index (χ2n) is 6.29. The third-order valence-electron chi connectivity index (χ3n) is 4.32. The molecule has 144 valence electrons. The highest BCUT2D eigenvalue weighted by molar-refractivity contribution is 5.98. The first-order valence-corrected chi connectivity index (χ1v) is 8.11. The maximum Gasteiger partial charge on any atom is 0.244 e. The Labute approximate surface area is 165 Å². The molecule has 26 heavy (non-hydrogen) atoms. The molecule has 9 heteroatoms. The van der Waals surface area contributed by atoms with E-state index in [0.717, 1.165) is 22.9 Å². The van der Waals surface area contributed by atoms with Crippen LogP contribution in [0.25, 0.3) is 0 Å². The van der Waals surface area contributed by atoms with Gasteiger partial charge in [-0.1, -0.05) is 12.1 Å². The number of aryl methyl sites for hydroxylation is 2.